The molecule has 0 aromatic carbocycles. The van der Waals surface area contributed by atoms with Crippen molar-refractivity contribution in [3.05, 3.63) is 18.0 Å². The largest absolute Gasteiger partial charge is 0.364 e. The number of rotatable bonds is 5. The minimum absolute atomic E-state index is 0.675. The lowest BCUT2D eigenvalue weighted by atomic mass is 9.95. The zero-order valence-corrected chi connectivity index (χ0v) is 10.8. The van der Waals surface area contributed by atoms with Crippen LogP contribution in [0.25, 0.3) is 0 Å². The molecule has 1 aromatic heterocycles. The van der Waals surface area contributed by atoms with Crippen molar-refractivity contribution < 1.29 is 4.52 Å². The molecule has 0 saturated heterocycles. The summed E-state index contributed by atoms with van der Waals surface area (Å²) in [6.45, 7) is 3.14. The van der Waals surface area contributed by atoms with Crippen molar-refractivity contribution in [3.63, 3.8) is 0 Å². The van der Waals surface area contributed by atoms with Crippen molar-refractivity contribution in [3.8, 4) is 0 Å². The topological polar surface area (TPSA) is 38.1 Å². The quantitative estimate of drug-likeness (QED) is 0.795. The minimum Gasteiger partial charge on any atom is -0.364 e. The molecule has 1 N–H and O–H groups in total. The fraction of sp³-hybridized carbons (Fsp3) is 0.786. The van der Waals surface area contributed by atoms with E-state index >= 15 is 0 Å². The maximum atomic E-state index is 4.84. The number of nitrogens with zero attached hydrogens (tertiary/aromatic N) is 1. The van der Waals surface area contributed by atoms with E-state index < -0.39 is 0 Å². The summed E-state index contributed by atoms with van der Waals surface area (Å²) in [5.41, 5.74) is 1.01. The zero-order valence-electron chi connectivity index (χ0n) is 10.8. The van der Waals surface area contributed by atoms with E-state index in [1.54, 1.807) is 6.26 Å². The average molecular weight is 236 g/mol. The summed E-state index contributed by atoms with van der Waals surface area (Å²) >= 11 is 0. The Morgan fingerprint density at radius 3 is 3.06 bits per heavy atom. The summed E-state index contributed by atoms with van der Waals surface area (Å²) < 4.78 is 4.84. The summed E-state index contributed by atoms with van der Waals surface area (Å²) in [5.74, 6) is 0.971. The standard InChI is InChI=1S/C14H24N2O/c1-2-4-12-5-3-6-13(8-7-12)15-11-14-9-10-17-16-14/h9-10,12-13,15H,2-8,11H2,1H3. The third kappa shape index (κ3) is 4.15. The van der Waals surface area contributed by atoms with E-state index in [-0.39, 0.29) is 0 Å². The van der Waals surface area contributed by atoms with E-state index in [0.717, 1.165) is 18.2 Å². The molecule has 0 radical (unpaired) electrons. The Morgan fingerprint density at radius 2 is 2.29 bits per heavy atom. The van der Waals surface area contributed by atoms with Gasteiger partial charge in [0.15, 0.2) is 0 Å². The molecule has 1 aromatic rings. The van der Waals surface area contributed by atoms with Gasteiger partial charge in [0.2, 0.25) is 0 Å². The lowest BCUT2D eigenvalue weighted by Gasteiger charge is -2.15. The van der Waals surface area contributed by atoms with E-state index in [2.05, 4.69) is 17.4 Å². The van der Waals surface area contributed by atoms with Crippen LogP contribution in [0, 0.1) is 5.92 Å². The molecule has 96 valence electrons. The number of nitrogens with one attached hydrogen (secondary N) is 1. The van der Waals surface area contributed by atoms with Gasteiger partial charge in [0.1, 0.15) is 6.26 Å². The molecule has 3 heteroatoms. The van der Waals surface area contributed by atoms with Crippen LogP contribution in [0.3, 0.4) is 0 Å². The molecule has 1 saturated carbocycles. The first kappa shape index (κ1) is 12.6. The Morgan fingerprint density at radius 1 is 1.35 bits per heavy atom. The lowest BCUT2D eigenvalue weighted by molar-refractivity contribution is 0.392. The van der Waals surface area contributed by atoms with Crippen LogP contribution >= 0.6 is 0 Å². The average Bonchev–Trinajstić information content (AvgIpc) is 2.75. The second kappa shape index (κ2) is 6.80. The van der Waals surface area contributed by atoms with Crippen molar-refractivity contribution in [1.82, 2.24) is 10.5 Å². The van der Waals surface area contributed by atoms with E-state index in [0.29, 0.717) is 6.04 Å². The fourth-order valence-electron chi connectivity index (χ4n) is 2.86. The SMILES string of the molecule is CCCC1CCCC(NCc2ccon2)CC1. The smallest absolute Gasteiger partial charge is 0.124 e. The molecule has 2 atom stereocenters. The van der Waals surface area contributed by atoms with Gasteiger partial charge in [-0.05, 0) is 25.2 Å². The second-order valence-corrected chi connectivity index (χ2v) is 5.23. The predicted molar refractivity (Wildman–Crippen MR) is 68.6 cm³/mol. The summed E-state index contributed by atoms with van der Waals surface area (Å²) in [5, 5.41) is 7.54. The maximum Gasteiger partial charge on any atom is 0.124 e. The van der Waals surface area contributed by atoms with Gasteiger partial charge in [-0.3, -0.25) is 0 Å². The predicted octanol–water partition coefficient (Wildman–Crippen LogP) is 3.51. The van der Waals surface area contributed by atoms with Gasteiger partial charge in [-0.1, -0.05) is 37.8 Å². The van der Waals surface area contributed by atoms with Gasteiger partial charge in [0, 0.05) is 18.7 Å². The van der Waals surface area contributed by atoms with E-state index in [1.165, 1.54) is 44.9 Å². The molecular formula is C14H24N2O. The van der Waals surface area contributed by atoms with E-state index in [4.69, 9.17) is 4.52 Å². The van der Waals surface area contributed by atoms with Crippen LogP contribution in [0.5, 0.6) is 0 Å². The Kier molecular flexibility index (Phi) is 5.05. The van der Waals surface area contributed by atoms with Crippen LogP contribution in [-0.4, -0.2) is 11.2 Å². The highest BCUT2D eigenvalue weighted by Crippen LogP contribution is 2.26. The number of hydrogen-bond donors (Lipinski definition) is 1. The first-order valence-corrected chi connectivity index (χ1v) is 7.01. The van der Waals surface area contributed by atoms with Crippen molar-refractivity contribution in [2.24, 2.45) is 5.92 Å². The van der Waals surface area contributed by atoms with Crippen LogP contribution in [0.15, 0.2) is 16.9 Å². The molecule has 1 fully saturated rings. The van der Waals surface area contributed by atoms with Crippen LogP contribution in [0.2, 0.25) is 0 Å². The van der Waals surface area contributed by atoms with Gasteiger partial charge in [0.05, 0.1) is 5.69 Å². The Labute approximate surface area is 104 Å². The normalized spacial score (nSPS) is 25.7. The first-order valence-electron chi connectivity index (χ1n) is 7.01. The van der Waals surface area contributed by atoms with Gasteiger partial charge in [-0.15, -0.1) is 0 Å². The summed E-state index contributed by atoms with van der Waals surface area (Å²) in [6.07, 6.45) is 11.2. The van der Waals surface area contributed by atoms with Crippen LogP contribution in [0.1, 0.15) is 57.6 Å². The Bertz CT molecular complexity index is 297. The third-order valence-corrected chi connectivity index (χ3v) is 3.85. The van der Waals surface area contributed by atoms with Crippen molar-refractivity contribution >= 4 is 0 Å². The number of aromatic nitrogens is 1. The van der Waals surface area contributed by atoms with Crippen LogP contribution in [0.4, 0.5) is 0 Å². The van der Waals surface area contributed by atoms with Crippen molar-refractivity contribution in [2.75, 3.05) is 0 Å². The van der Waals surface area contributed by atoms with Gasteiger partial charge >= 0.3 is 0 Å². The molecule has 1 heterocycles. The lowest BCUT2D eigenvalue weighted by Crippen LogP contribution is -2.28. The summed E-state index contributed by atoms with van der Waals surface area (Å²) in [6, 6.07) is 2.61. The molecule has 2 unspecified atom stereocenters. The van der Waals surface area contributed by atoms with Gasteiger partial charge < -0.3 is 9.84 Å². The third-order valence-electron chi connectivity index (χ3n) is 3.85. The molecule has 0 aliphatic heterocycles. The van der Waals surface area contributed by atoms with Gasteiger partial charge in [-0.25, -0.2) is 0 Å². The molecule has 1 aliphatic rings. The highest BCUT2D eigenvalue weighted by molar-refractivity contribution is 4.94. The Hall–Kier alpha value is -0.830. The van der Waals surface area contributed by atoms with Crippen LogP contribution in [-0.2, 0) is 6.54 Å². The summed E-state index contributed by atoms with van der Waals surface area (Å²) in [4.78, 5) is 0. The molecule has 2 rings (SSSR count). The molecule has 3 nitrogen and oxygen atoms in total. The number of hydrogen-bond acceptors (Lipinski definition) is 3. The minimum atomic E-state index is 0.675. The molecule has 0 amide bonds. The molecular weight excluding hydrogens is 212 g/mol. The molecule has 1 aliphatic carbocycles. The van der Waals surface area contributed by atoms with E-state index in [1.807, 2.05) is 6.07 Å². The Balaban J connectivity index is 1.71. The highest BCUT2D eigenvalue weighted by atomic mass is 16.5. The monoisotopic (exact) mass is 236 g/mol. The van der Waals surface area contributed by atoms with Crippen molar-refractivity contribution in [1.29, 1.82) is 0 Å². The first-order chi connectivity index (χ1) is 8.38. The van der Waals surface area contributed by atoms with Crippen LogP contribution < -0.4 is 5.32 Å². The zero-order chi connectivity index (χ0) is 11.9. The van der Waals surface area contributed by atoms with E-state index in [9.17, 15) is 0 Å². The highest BCUT2D eigenvalue weighted by Gasteiger charge is 2.17. The fourth-order valence-corrected chi connectivity index (χ4v) is 2.86. The molecule has 0 bridgehead atoms. The van der Waals surface area contributed by atoms with Crippen molar-refractivity contribution in [2.45, 2.75) is 64.5 Å². The maximum absolute atomic E-state index is 4.84. The van der Waals surface area contributed by atoms with Gasteiger partial charge in [-0.2, -0.15) is 0 Å². The molecule has 17 heavy (non-hydrogen) atoms. The second-order valence-electron chi connectivity index (χ2n) is 5.23. The van der Waals surface area contributed by atoms with Gasteiger partial charge in [0.25, 0.3) is 0 Å². The molecule has 0 spiro atoms. The summed E-state index contributed by atoms with van der Waals surface area (Å²) in [7, 11) is 0.